The number of nitrogens with one attached hydrogen (secondary N) is 1. The van der Waals surface area contributed by atoms with E-state index in [-0.39, 0.29) is 18.9 Å². The highest BCUT2D eigenvalue weighted by atomic mass is 19.1. The maximum absolute atomic E-state index is 13.9. The molecule has 0 heterocycles. The molecule has 4 N–H and O–H groups in total. The zero-order valence-corrected chi connectivity index (χ0v) is 7.55. The van der Waals surface area contributed by atoms with Crippen LogP contribution in [-0.4, -0.2) is 36.0 Å². The average Bonchev–Trinajstić information content (AvgIpc) is 2.26. The molecule has 1 rings (SSSR count). The van der Waals surface area contributed by atoms with Gasteiger partial charge in [0.15, 0.2) is 0 Å². The van der Waals surface area contributed by atoms with Gasteiger partial charge in [0.25, 0.3) is 0 Å². The van der Waals surface area contributed by atoms with Crippen molar-refractivity contribution in [2.75, 3.05) is 7.05 Å². The highest BCUT2D eigenvalue weighted by molar-refractivity contribution is 5.02. The van der Waals surface area contributed by atoms with Gasteiger partial charge in [-0.15, -0.1) is 0 Å². The van der Waals surface area contributed by atoms with E-state index in [4.69, 9.17) is 5.73 Å². The molecule has 0 spiro atoms. The molecule has 0 aromatic rings. The lowest BCUT2D eigenvalue weighted by molar-refractivity contribution is 0.0948. The third kappa shape index (κ3) is 1.60. The number of hydrogen-bond acceptors (Lipinski definition) is 3. The van der Waals surface area contributed by atoms with E-state index in [0.717, 1.165) is 0 Å². The molecular weight excluding hydrogens is 159 g/mol. The van der Waals surface area contributed by atoms with E-state index in [1.165, 1.54) is 0 Å². The van der Waals surface area contributed by atoms with Gasteiger partial charge >= 0.3 is 0 Å². The van der Waals surface area contributed by atoms with E-state index in [0.29, 0.717) is 0 Å². The van der Waals surface area contributed by atoms with Crippen molar-refractivity contribution in [1.29, 1.82) is 0 Å². The van der Waals surface area contributed by atoms with Crippen LogP contribution in [0, 0.1) is 0 Å². The van der Waals surface area contributed by atoms with Gasteiger partial charge in [-0.05, 0) is 14.0 Å². The maximum Gasteiger partial charge on any atom is 0.130 e. The molecule has 0 aromatic carbocycles. The fraction of sp³-hybridized carbons (Fsp3) is 1.00. The lowest BCUT2D eigenvalue weighted by atomic mass is 9.95. The fourth-order valence-corrected chi connectivity index (χ4v) is 1.72. The molecule has 4 heteroatoms. The van der Waals surface area contributed by atoms with Gasteiger partial charge in [-0.1, -0.05) is 0 Å². The number of hydrogen-bond donors (Lipinski definition) is 3. The van der Waals surface area contributed by atoms with Crippen LogP contribution in [-0.2, 0) is 0 Å². The molecule has 3 nitrogen and oxygen atoms in total. The van der Waals surface area contributed by atoms with E-state index >= 15 is 0 Å². The summed E-state index contributed by atoms with van der Waals surface area (Å²) in [7, 11) is 1.71. The van der Waals surface area contributed by atoms with Gasteiger partial charge in [-0.2, -0.15) is 0 Å². The second kappa shape index (κ2) is 3.28. The highest BCUT2D eigenvalue weighted by Crippen LogP contribution is 2.35. The first kappa shape index (κ1) is 9.89. The van der Waals surface area contributed by atoms with E-state index < -0.39 is 17.8 Å². The average molecular weight is 176 g/mol. The second-order valence-electron chi connectivity index (χ2n) is 3.68. The molecule has 1 fully saturated rings. The maximum atomic E-state index is 13.9. The summed E-state index contributed by atoms with van der Waals surface area (Å²) in [5.41, 5.74) is 4.19. The first-order valence-electron chi connectivity index (χ1n) is 4.29. The van der Waals surface area contributed by atoms with Gasteiger partial charge in [0.2, 0.25) is 0 Å². The first-order chi connectivity index (χ1) is 5.49. The molecule has 1 aliphatic carbocycles. The third-order valence-corrected chi connectivity index (χ3v) is 2.83. The minimum atomic E-state index is -1.34. The third-order valence-electron chi connectivity index (χ3n) is 2.83. The van der Waals surface area contributed by atoms with Crippen LogP contribution in [0.4, 0.5) is 4.39 Å². The van der Waals surface area contributed by atoms with E-state index in [1.807, 2.05) is 0 Å². The Kier molecular flexibility index (Phi) is 2.70. The van der Waals surface area contributed by atoms with Crippen LogP contribution >= 0.6 is 0 Å². The minimum absolute atomic E-state index is 0.149. The highest BCUT2D eigenvalue weighted by Gasteiger charge is 2.46. The molecule has 12 heavy (non-hydrogen) atoms. The Bertz CT molecular complexity index is 155. The van der Waals surface area contributed by atoms with Crippen molar-refractivity contribution in [3.63, 3.8) is 0 Å². The number of nitrogens with two attached hydrogens (primary N) is 1. The van der Waals surface area contributed by atoms with Crippen LogP contribution in [0.3, 0.4) is 0 Å². The summed E-state index contributed by atoms with van der Waals surface area (Å²) in [6, 6.07) is -0.661. The summed E-state index contributed by atoms with van der Waals surface area (Å²) >= 11 is 0. The molecule has 0 bridgehead atoms. The predicted molar refractivity (Wildman–Crippen MR) is 45.6 cm³/mol. The number of alkyl halides is 1. The molecule has 0 amide bonds. The Morgan fingerprint density at radius 2 is 2.25 bits per heavy atom. The van der Waals surface area contributed by atoms with Crippen LogP contribution in [0.25, 0.3) is 0 Å². The number of rotatable bonds is 2. The van der Waals surface area contributed by atoms with Crippen molar-refractivity contribution >= 4 is 0 Å². The summed E-state index contributed by atoms with van der Waals surface area (Å²) < 4.78 is 13.9. The minimum Gasteiger partial charge on any atom is -0.391 e. The molecule has 0 saturated heterocycles. The molecule has 1 saturated carbocycles. The van der Waals surface area contributed by atoms with Crippen LogP contribution in [0.2, 0.25) is 0 Å². The van der Waals surface area contributed by atoms with E-state index in [2.05, 4.69) is 5.32 Å². The van der Waals surface area contributed by atoms with Gasteiger partial charge in [-0.3, -0.25) is 0 Å². The summed E-state index contributed by atoms with van der Waals surface area (Å²) in [6.45, 7) is 1.77. The molecule has 1 aliphatic rings. The van der Waals surface area contributed by atoms with E-state index in [1.54, 1.807) is 14.0 Å². The lowest BCUT2D eigenvalue weighted by Crippen LogP contribution is -2.43. The van der Waals surface area contributed by atoms with Crippen LogP contribution in [0.15, 0.2) is 0 Å². The Morgan fingerprint density at radius 1 is 1.67 bits per heavy atom. The summed E-state index contributed by atoms with van der Waals surface area (Å²) in [5, 5.41) is 12.1. The second-order valence-corrected chi connectivity index (χ2v) is 3.68. The molecule has 4 atom stereocenters. The molecule has 72 valence electrons. The van der Waals surface area contributed by atoms with Crippen molar-refractivity contribution in [2.45, 2.75) is 43.6 Å². The quantitative estimate of drug-likeness (QED) is 0.545. The van der Waals surface area contributed by atoms with Crippen molar-refractivity contribution in [3.05, 3.63) is 0 Å². The standard InChI is InChI=1S/C8H17FN2O/c1-5(11-2)8(9)3-6(10)7(12)4-8/h5-7,11-12H,3-4,10H2,1-2H3. The zero-order chi connectivity index (χ0) is 9.35. The Balaban J connectivity index is 2.63. The predicted octanol–water partition coefficient (Wildman–Crippen LogP) is -0.215. The van der Waals surface area contributed by atoms with E-state index in [9.17, 15) is 9.50 Å². The van der Waals surface area contributed by atoms with Crippen LogP contribution in [0.1, 0.15) is 19.8 Å². The van der Waals surface area contributed by atoms with Crippen molar-refractivity contribution in [1.82, 2.24) is 5.32 Å². The molecule has 0 radical (unpaired) electrons. The monoisotopic (exact) mass is 176 g/mol. The van der Waals surface area contributed by atoms with Gasteiger partial charge in [0.1, 0.15) is 5.67 Å². The summed E-state index contributed by atoms with van der Waals surface area (Å²) in [4.78, 5) is 0. The SMILES string of the molecule is CNC(C)C1(F)CC(N)C(O)C1. The van der Waals surface area contributed by atoms with Gasteiger partial charge in [0.05, 0.1) is 6.10 Å². The Hall–Kier alpha value is -0.190. The summed E-state index contributed by atoms with van der Waals surface area (Å²) in [6.07, 6.45) is -0.294. The van der Waals surface area contributed by atoms with Crippen LogP contribution < -0.4 is 11.1 Å². The number of halogens is 1. The largest absolute Gasteiger partial charge is 0.391 e. The van der Waals surface area contributed by atoms with Crippen LogP contribution in [0.5, 0.6) is 0 Å². The molecule has 0 aromatic heterocycles. The first-order valence-corrected chi connectivity index (χ1v) is 4.29. The van der Waals surface area contributed by atoms with Gasteiger partial charge in [0, 0.05) is 24.9 Å². The topological polar surface area (TPSA) is 58.3 Å². The molecule has 4 unspecified atom stereocenters. The Morgan fingerprint density at radius 3 is 2.58 bits per heavy atom. The molecule has 0 aliphatic heterocycles. The van der Waals surface area contributed by atoms with Crippen molar-refractivity contribution < 1.29 is 9.50 Å². The van der Waals surface area contributed by atoms with Crippen molar-refractivity contribution in [3.8, 4) is 0 Å². The lowest BCUT2D eigenvalue weighted by Gasteiger charge is -2.26. The fourth-order valence-electron chi connectivity index (χ4n) is 1.72. The number of aliphatic hydroxyl groups excluding tert-OH is 1. The summed E-state index contributed by atoms with van der Waals surface area (Å²) in [5.74, 6) is 0. The molecular formula is C8H17FN2O. The number of aliphatic hydroxyl groups is 1. The van der Waals surface area contributed by atoms with Crippen molar-refractivity contribution in [2.24, 2.45) is 5.73 Å². The normalized spacial score (nSPS) is 44.8. The smallest absolute Gasteiger partial charge is 0.130 e. The van der Waals surface area contributed by atoms with Gasteiger partial charge in [-0.25, -0.2) is 4.39 Å². The zero-order valence-electron chi connectivity index (χ0n) is 7.55. The Labute approximate surface area is 72.1 Å². The van der Waals surface area contributed by atoms with Gasteiger partial charge < -0.3 is 16.2 Å².